The van der Waals surface area contributed by atoms with Gasteiger partial charge >= 0.3 is 0 Å². The Balaban J connectivity index is 2.24. The molecule has 1 amide bonds. The lowest BCUT2D eigenvalue weighted by atomic mass is 10.3. The fraction of sp³-hybridized carbons (Fsp3) is 0.700. The number of carbonyl (C=O) groups is 1. The Morgan fingerprint density at radius 1 is 1.36 bits per heavy atom. The molecule has 4 heteroatoms. The van der Waals surface area contributed by atoms with Gasteiger partial charge in [-0.2, -0.15) is 0 Å². The van der Waals surface area contributed by atoms with E-state index < -0.39 is 0 Å². The van der Waals surface area contributed by atoms with E-state index in [9.17, 15) is 4.79 Å². The molecule has 4 nitrogen and oxygen atoms in total. The molecule has 1 N–H and O–H groups in total. The Bertz CT molecular complexity index is 246. The summed E-state index contributed by atoms with van der Waals surface area (Å²) >= 11 is 0. The zero-order valence-electron chi connectivity index (χ0n) is 8.84. The van der Waals surface area contributed by atoms with E-state index in [1.807, 2.05) is 0 Å². The van der Waals surface area contributed by atoms with E-state index in [4.69, 9.17) is 0 Å². The van der Waals surface area contributed by atoms with Crippen LogP contribution in [-0.4, -0.2) is 62.5 Å². The maximum absolute atomic E-state index is 10.8. The molecule has 1 fully saturated rings. The van der Waals surface area contributed by atoms with Crippen molar-refractivity contribution in [1.29, 1.82) is 0 Å². The van der Waals surface area contributed by atoms with Gasteiger partial charge in [-0.25, -0.2) is 0 Å². The fourth-order valence-corrected chi connectivity index (χ4v) is 1.30. The topological polar surface area (TPSA) is 35.6 Å². The highest BCUT2D eigenvalue weighted by Gasteiger charge is 2.11. The molecule has 0 atom stereocenters. The van der Waals surface area contributed by atoms with Crippen LogP contribution >= 0.6 is 0 Å². The van der Waals surface area contributed by atoms with Crippen LogP contribution in [-0.2, 0) is 4.79 Å². The van der Waals surface area contributed by atoms with E-state index in [1.165, 1.54) is 0 Å². The van der Waals surface area contributed by atoms with Crippen molar-refractivity contribution >= 4 is 5.91 Å². The van der Waals surface area contributed by atoms with Crippen LogP contribution in [0, 0.1) is 11.8 Å². The molecule has 78 valence electrons. The SMILES string of the molecule is CNC(=O)C#CCN1CCN(C)CC1. The third kappa shape index (κ3) is 3.77. The van der Waals surface area contributed by atoms with Crippen LogP contribution in [0.1, 0.15) is 0 Å². The highest BCUT2D eigenvalue weighted by molar-refractivity contribution is 5.93. The van der Waals surface area contributed by atoms with Gasteiger partial charge in [0.2, 0.25) is 0 Å². The number of rotatable bonds is 1. The maximum atomic E-state index is 10.8. The van der Waals surface area contributed by atoms with Gasteiger partial charge < -0.3 is 10.2 Å². The monoisotopic (exact) mass is 195 g/mol. The first-order valence-corrected chi connectivity index (χ1v) is 4.84. The Kier molecular flexibility index (Phi) is 4.44. The van der Waals surface area contributed by atoms with Crippen molar-refractivity contribution < 1.29 is 4.79 Å². The van der Waals surface area contributed by atoms with Crippen LogP contribution in [0.3, 0.4) is 0 Å². The van der Waals surface area contributed by atoms with Crippen LogP contribution in [0.25, 0.3) is 0 Å². The summed E-state index contributed by atoms with van der Waals surface area (Å²) in [7, 11) is 3.71. The Labute approximate surface area is 85.2 Å². The van der Waals surface area contributed by atoms with E-state index >= 15 is 0 Å². The second-order valence-corrected chi connectivity index (χ2v) is 3.46. The summed E-state index contributed by atoms with van der Waals surface area (Å²) < 4.78 is 0. The zero-order valence-corrected chi connectivity index (χ0v) is 8.84. The van der Waals surface area contributed by atoms with Gasteiger partial charge in [-0.05, 0) is 13.0 Å². The smallest absolute Gasteiger partial charge is 0.295 e. The molecule has 0 aliphatic carbocycles. The van der Waals surface area contributed by atoms with Crippen LogP contribution in [0.15, 0.2) is 0 Å². The van der Waals surface area contributed by atoms with Gasteiger partial charge in [-0.15, -0.1) is 0 Å². The highest BCUT2D eigenvalue weighted by atomic mass is 16.1. The molecule has 14 heavy (non-hydrogen) atoms. The molecule has 1 saturated heterocycles. The number of likely N-dealkylation sites (N-methyl/N-ethyl adjacent to an activating group) is 1. The van der Waals surface area contributed by atoms with Crippen molar-refractivity contribution in [3.05, 3.63) is 0 Å². The quantitative estimate of drug-likeness (QED) is 0.544. The molecule has 1 aliphatic rings. The first kappa shape index (κ1) is 11.0. The van der Waals surface area contributed by atoms with Crippen molar-refractivity contribution in [2.45, 2.75) is 0 Å². The van der Waals surface area contributed by atoms with E-state index in [-0.39, 0.29) is 5.91 Å². The number of nitrogens with one attached hydrogen (secondary N) is 1. The lowest BCUT2D eigenvalue weighted by Gasteiger charge is -2.30. The average molecular weight is 195 g/mol. The maximum Gasteiger partial charge on any atom is 0.295 e. The van der Waals surface area contributed by atoms with Crippen LogP contribution in [0.2, 0.25) is 0 Å². The van der Waals surface area contributed by atoms with Crippen molar-refractivity contribution in [1.82, 2.24) is 15.1 Å². The predicted molar refractivity (Wildman–Crippen MR) is 55.8 cm³/mol. The van der Waals surface area contributed by atoms with Gasteiger partial charge in [0.25, 0.3) is 5.91 Å². The number of hydrogen-bond donors (Lipinski definition) is 1. The lowest BCUT2D eigenvalue weighted by Crippen LogP contribution is -2.44. The Morgan fingerprint density at radius 2 is 2.00 bits per heavy atom. The van der Waals surface area contributed by atoms with E-state index in [1.54, 1.807) is 7.05 Å². The summed E-state index contributed by atoms with van der Waals surface area (Å²) in [5.74, 6) is 5.19. The Hall–Kier alpha value is -1.05. The summed E-state index contributed by atoms with van der Waals surface area (Å²) in [4.78, 5) is 15.3. The molecule has 1 aliphatic heterocycles. The number of carbonyl (C=O) groups excluding carboxylic acids is 1. The first-order valence-electron chi connectivity index (χ1n) is 4.84. The predicted octanol–water partition coefficient (Wildman–Crippen LogP) is -1.02. The molecule has 0 spiro atoms. The lowest BCUT2D eigenvalue weighted by molar-refractivity contribution is -0.115. The van der Waals surface area contributed by atoms with Gasteiger partial charge in [0.05, 0.1) is 6.54 Å². The average Bonchev–Trinajstić information content (AvgIpc) is 2.21. The highest BCUT2D eigenvalue weighted by Crippen LogP contribution is 1.96. The third-order valence-electron chi connectivity index (χ3n) is 2.33. The third-order valence-corrected chi connectivity index (χ3v) is 2.33. The first-order chi connectivity index (χ1) is 6.72. The number of hydrogen-bond acceptors (Lipinski definition) is 3. The van der Waals surface area contributed by atoms with Crippen LogP contribution in [0.5, 0.6) is 0 Å². The van der Waals surface area contributed by atoms with Crippen LogP contribution < -0.4 is 5.32 Å². The Morgan fingerprint density at radius 3 is 2.57 bits per heavy atom. The van der Waals surface area contributed by atoms with Gasteiger partial charge in [-0.3, -0.25) is 9.69 Å². The molecule has 0 aromatic heterocycles. The summed E-state index contributed by atoms with van der Waals surface area (Å²) in [6.07, 6.45) is 0. The van der Waals surface area contributed by atoms with Gasteiger partial charge in [0.15, 0.2) is 0 Å². The molecule has 0 saturated carbocycles. The minimum atomic E-state index is -0.209. The zero-order chi connectivity index (χ0) is 10.4. The summed E-state index contributed by atoms with van der Waals surface area (Å²) in [6.45, 7) is 4.95. The second-order valence-electron chi connectivity index (χ2n) is 3.46. The largest absolute Gasteiger partial charge is 0.348 e. The van der Waals surface area contributed by atoms with Gasteiger partial charge in [0.1, 0.15) is 0 Å². The van der Waals surface area contributed by atoms with E-state index in [0.717, 1.165) is 26.2 Å². The fourth-order valence-electron chi connectivity index (χ4n) is 1.30. The molecular weight excluding hydrogens is 178 g/mol. The van der Waals surface area contributed by atoms with Crippen molar-refractivity contribution in [2.75, 3.05) is 46.8 Å². The van der Waals surface area contributed by atoms with Gasteiger partial charge in [-0.1, -0.05) is 5.92 Å². The molecular formula is C10H17N3O. The normalized spacial score (nSPS) is 18.4. The number of nitrogens with zero attached hydrogens (tertiary/aromatic N) is 2. The summed E-state index contributed by atoms with van der Waals surface area (Å²) in [5, 5.41) is 2.47. The summed E-state index contributed by atoms with van der Waals surface area (Å²) in [5.41, 5.74) is 0. The molecule has 0 unspecified atom stereocenters. The standard InChI is InChI=1S/C10H17N3O/c1-11-10(14)4-3-5-13-8-6-12(2)7-9-13/h5-9H2,1-2H3,(H,11,14). The minimum absolute atomic E-state index is 0.209. The molecule has 0 radical (unpaired) electrons. The minimum Gasteiger partial charge on any atom is -0.348 e. The van der Waals surface area contributed by atoms with Crippen molar-refractivity contribution in [3.8, 4) is 11.8 Å². The molecule has 0 bridgehead atoms. The molecule has 0 aromatic rings. The van der Waals surface area contributed by atoms with Crippen molar-refractivity contribution in [3.63, 3.8) is 0 Å². The van der Waals surface area contributed by atoms with Crippen LogP contribution in [0.4, 0.5) is 0 Å². The van der Waals surface area contributed by atoms with Crippen molar-refractivity contribution in [2.24, 2.45) is 0 Å². The van der Waals surface area contributed by atoms with E-state index in [0.29, 0.717) is 6.54 Å². The van der Waals surface area contributed by atoms with Gasteiger partial charge in [0, 0.05) is 33.2 Å². The number of amides is 1. The molecule has 1 heterocycles. The molecule has 0 aromatic carbocycles. The molecule has 1 rings (SSSR count). The summed E-state index contributed by atoms with van der Waals surface area (Å²) in [6, 6.07) is 0. The second kappa shape index (κ2) is 5.63. The van der Waals surface area contributed by atoms with E-state index in [2.05, 4.69) is 34.0 Å². The number of piperazine rings is 1.